The van der Waals surface area contributed by atoms with Gasteiger partial charge < -0.3 is 9.32 Å². The van der Waals surface area contributed by atoms with Crippen LogP contribution in [0.1, 0.15) is 16.1 Å². The van der Waals surface area contributed by atoms with E-state index in [2.05, 4.69) is 5.10 Å². The van der Waals surface area contributed by atoms with Crippen molar-refractivity contribution in [1.82, 2.24) is 14.7 Å². The van der Waals surface area contributed by atoms with Crippen molar-refractivity contribution in [2.24, 2.45) is 0 Å². The van der Waals surface area contributed by atoms with Crippen LogP contribution >= 0.6 is 0 Å². The van der Waals surface area contributed by atoms with Gasteiger partial charge in [0.1, 0.15) is 0 Å². The van der Waals surface area contributed by atoms with Crippen molar-refractivity contribution in [1.29, 1.82) is 0 Å². The Kier molecular flexibility index (Phi) is 5.22. The minimum absolute atomic E-state index is 0.0486. The van der Waals surface area contributed by atoms with Gasteiger partial charge >= 0.3 is 0 Å². The first-order chi connectivity index (χ1) is 12.5. The summed E-state index contributed by atoms with van der Waals surface area (Å²) < 4.78 is 32.1. The van der Waals surface area contributed by atoms with E-state index in [0.29, 0.717) is 18.7 Å². The fraction of sp³-hybridized carbons (Fsp3) is 0.222. The molecule has 8 heteroatoms. The summed E-state index contributed by atoms with van der Waals surface area (Å²) >= 11 is 0. The van der Waals surface area contributed by atoms with E-state index in [0.717, 1.165) is 0 Å². The van der Waals surface area contributed by atoms with Gasteiger partial charge in [0, 0.05) is 31.5 Å². The molecule has 0 spiro atoms. The summed E-state index contributed by atoms with van der Waals surface area (Å²) in [5.74, 6) is -0.602. The van der Waals surface area contributed by atoms with Gasteiger partial charge in [-0.15, -0.1) is 0 Å². The highest BCUT2D eigenvalue weighted by Crippen LogP contribution is 2.20. The van der Waals surface area contributed by atoms with E-state index in [1.807, 2.05) is 6.20 Å². The highest BCUT2D eigenvalue weighted by molar-refractivity contribution is 7.90. The summed E-state index contributed by atoms with van der Waals surface area (Å²) in [4.78, 5) is 14.3. The third-order valence-electron chi connectivity index (χ3n) is 3.96. The molecule has 7 nitrogen and oxygen atoms in total. The number of nitrogens with zero attached hydrogens (tertiary/aromatic N) is 3. The van der Waals surface area contributed by atoms with Gasteiger partial charge in [-0.1, -0.05) is 18.2 Å². The molecule has 0 saturated carbocycles. The number of carbonyl (C=O) groups excluding carboxylic acids is 1. The first kappa shape index (κ1) is 17.9. The second kappa shape index (κ2) is 7.57. The molecule has 26 heavy (non-hydrogen) atoms. The number of furan rings is 1. The second-order valence-corrected chi connectivity index (χ2v) is 7.83. The lowest BCUT2D eigenvalue weighted by Gasteiger charge is -2.16. The maximum absolute atomic E-state index is 12.6. The monoisotopic (exact) mass is 373 g/mol. The van der Waals surface area contributed by atoms with E-state index in [9.17, 15) is 13.2 Å². The maximum Gasteiger partial charge on any atom is 0.289 e. The first-order valence-corrected chi connectivity index (χ1v) is 9.69. The lowest BCUT2D eigenvalue weighted by atomic mass is 10.2. The van der Waals surface area contributed by atoms with Gasteiger partial charge in [0.25, 0.3) is 5.91 Å². The van der Waals surface area contributed by atoms with Crippen molar-refractivity contribution in [2.45, 2.75) is 17.2 Å². The molecule has 0 N–H and O–H groups in total. The topological polar surface area (TPSA) is 85.4 Å². The molecule has 3 rings (SSSR count). The van der Waals surface area contributed by atoms with E-state index in [1.165, 1.54) is 29.4 Å². The normalized spacial score (nSPS) is 11.4. The minimum Gasteiger partial charge on any atom is -0.459 e. The Morgan fingerprint density at radius 1 is 1.19 bits per heavy atom. The summed E-state index contributed by atoms with van der Waals surface area (Å²) in [5.41, 5.74) is 0.352. The lowest BCUT2D eigenvalue weighted by molar-refractivity contribution is 0.0756. The Morgan fingerprint density at radius 2 is 1.96 bits per heavy atom. The Morgan fingerprint density at radius 3 is 2.65 bits per heavy atom. The zero-order valence-electron chi connectivity index (χ0n) is 14.3. The Hall–Kier alpha value is -2.87. The van der Waals surface area contributed by atoms with Crippen LogP contribution < -0.4 is 0 Å². The summed E-state index contributed by atoms with van der Waals surface area (Å²) in [6.07, 6.45) is 4.81. The molecule has 2 aromatic heterocycles. The number of likely N-dealkylation sites (N-methyl/N-ethyl adjacent to an activating group) is 1. The van der Waals surface area contributed by atoms with Crippen molar-refractivity contribution in [3.05, 3.63) is 72.4 Å². The number of aromatic nitrogens is 2. The Bertz CT molecular complexity index is 963. The van der Waals surface area contributed by atoms with Crippen LogP contribution in [-0.4, -0.2) is 42.6 Å². The number of benzene rings is 1. The van der Waals surface area contributed by atoms with E-state index in [1.54, 1.807) is 42.2 Å². The molecule has 1 aromatic carbocycles. The summed E-state index contributed by atoms with van der Waals surface area (Å²) in [6.45, 7) is 0.958. The van der Waals surface area contributed by atoms with E-state index in [-0.39, 0.29) is 22.3 Å². The van der Waals surface area contributed by atoms with Crippen molar-refractivity contribution in [3.8, 4) is 0 Å². The second-order valence-electron chi connectivity index (χ2n) is 5.84. The molecule has 0 aliphatic heterocycles. The predicted molar refractivity (Wildman–Crippen MR) is 95.2 cm³/mol. The lowest BCUT2D eigenvalue weighted by Crippen LogP contribution is -2.30. The van der Waals surface area contributed by atoms with Crippen LogP contribution in [-0.2, 0) is 22.1 Å². The molecule has 0 fully saturated rings. The average molecular weight is 373 g/mol. The highest BCUT2D eigenvalue weighted by atomic mass is 32.2. The van der Waals surface area contributed by atoms with Gasteiger partial charge in [-0.05, 0) is 24.3 Å². The summed E-state index contributed by atoms with van der Waals surface area (Å²) in [5, 5.41) is 4.09. The van der Waals surface area contributed by atoms with Crippen LogP contribution in [0.2, 0.25) is 0 Å². The minimum atomic E-state index is -3.56. The third-order valence-corrected chi connectivity index (χ3v) is 5.64. The van der Waals surface area contributed by atoms with Gasteiger partial charge in [-0.2, -0.15) is 5.10 Å². The predicted octanol–water partition coefficient (Wildman–Crippen LogP) is 2.22. The van der Waals surface area contributed by atoms with Crippen molar-refractivity contribution in [3.63, 3.8) is 0 Å². The molecule has 136 valence electrons. The van der Waals surface area contributed by atoms with Crippen molar-refractivity contribution < 1.29 is 17.6 Å². The largest absolute Gasteiger partial charge is 0.459 e. The molecule has 0 aliphatic carbocycles. The van der Waals surface area contributed by atoms with E-state index in [4.69, 9.17) is 4.42 Å². The van der Waals surface area contributed by atoms with Crippen molar-refractivity contribution >= 4 is 15.7 Å². The number of sulfone groups is 1. The fourth-order valence-electron chi connectivity index (χ4n) is 2.51. The number of carbonyl (C=O) groups is 1. The van der Waals surface area contributed by atoms with Gasteiger partial charge in [0.2, 0.25) is 0 Å². The number of rotatable bonds is 7. The van der Waals surface area contributed by atoms with Crippen LogP contribution in [0.25, 0.3) is 0 Å². The average Bonchev–Trinajstić information content (AvgIpc) is 3.31. The number of amides is 1. The quantitative estimate of drug-likeness (QED) is 0.634. The molecule has 0 saturated heterocycles. The summed E-state index contributed by atoms with van der Waals surface area (Å²) in [7, 11) is -1.91. The molecule has 0 bridgehead atoms. The van der Waals surface area contributed by atoms with Crippen LogP contribution in [0.15, 0.2) is 70.4 Å². The van der Waals surface area contributed by atoms with E-state index < -0.39 is 9.84 Å². The van der Waals surface area contributed by atoms with Crippen LogP contribution in [0.3, 0.4) is 0 Å². The Balaban J connectivity index is 1.72. The molecule has 0 aliphatic rings. The highest BCUT2D eigenvalue weighted by Gasteiger charge is 2.24. The molecule has 3 aromatic rings. The fourth-order valence-corrected chi connectivity index (χ4v) is 3.89. The van der Waals surface area contributed by atoms with Crippen molar-refractivity contribution in [2.75, 3.05) is 13.6 Å². The zero-order chi connectivity index (χ0) is 18.6. The molecular weight excluding hydrogens is 354 g/mol. The number of hydrogen-bond donors (Lipinski definition) is 0. The van der Waals surface area contributed by atoms with Gasteiger partial charge in [0.05, 0.1) is 23.5 Å². The van der Waals surface area contributed by atoms with Gasteiger partial charge in [-0.3, -0.25) is 9.48 Å². The van der Waals surface area contributed by atoms with Crippen LogP contribution in [0.4, 0.5) is 0 Å². The third kappa shape index (κ3) is 4.02. The molecule has 0 atom stereocenters. The standard InChI is InChI=1S/C18H19N3O4S/c1-20(11-12-21-10-5-9-19-21)18(22)17-15(8-13-25-17)14-26(23,24)16-6-3-2-4-7-16/h2-10,13H,11-12,14H2,1H3. The molecule has 1 amide bonds. The van der Waals surface area contributed by atoms with Crippen LogP contribution in [0.5, 0.6) is 0 Å². The maximum atomic E-state index is 12.6. The molecule has 2 heterocycles. The molecule has 0 radical (unpaired) electrons. The van der Waals surface area contributed by atoms with Crippen LogP contribution in [0, 0.1) is 0 Å². The first-order valence-electron chi connectivity index (χ1n) is 8.04. The smallest absolute Gasteiger partial charge is 0.289 e. The number of hydrogen-bond acceptors (Lipinski definition) is 5. The summed E-state index contributed by atoms with van der Waals surface area (Å²) in [6, 6.07) is 11.5. The SMILES string of the molecule is CN(CCn1cccn1)C(=O)c1occc1CS(=O)(=O)c1ccccc1. The molecular formula is C18H19N3O4S. The van der Waals surface area contributed by atoms with Gasteiger partial charge in [-0.25, -0.2) is 8.42 Å². The van der Waals surface area contributed by atoms with E-state index >= 15 is 0 Å². The van der Waals surface area contributed by atoms with Gasteiger partial charge in [0.15, 0.2) is 15.6 Å². The zero-order valence-corrected chi connectivity index (χ0v) is 15.1. The Labute approximate surface area is 151 Å². The molecule has 0 unspecified atom stereocenters.